The molecule has 1 aliphatic heterocycles. The molecule has 1 aliphatic rings. The summed E-state index contributed by atoms with van der Waals surface area (Å²) in [4.78, 5) is 24.2. The lowest BCUT2D eigenvalue weighted by molar-refractivity contribution is -0.113. The van der Waals surface area contributed by atoms with E-state index in [2.05, 4.69) is 16.2 Å². The lowest BCUT2D eigenvalue weighted by atomic mass is 9.87. The fraction of sp³-hybridized carbons (Fsp3) is 0.394. The topological polar surface area (TPSA) is 98.3 Å². The average Bonchev–Trinajstić information content (AvgIpc) is 2.98. The molecule has 8 heteroatoms. The fourth-order valence-corrected chi connectivity index (χ4v) is 4.08. The number of nitrogens with zero attached hydrogens (tertiary/aromatic N) is 4. The summed E-state index contributed by atoms with van der Waals surface area (Å²) < 4.78 is 12.7. The van der Waals surface area contributed by atoms with Crippen LogP contribution in [0.1, 0.15) is 72.6 Å². The number of halogens is 1. The summed E-state index contributed by atoms with van der Waals surface area (Å²) in [7, 11) is 0. The number of unbranched alkanes of at least 4 members (excludes halogenated alkanes) is 2. The van der Waals surface area contributed by atoms with E-state index in [4.69, 9.17) is 15.2 Å². The van der Waals surface area contributed by atoms with Gasteiger partial charge in [-0.15, -0.1) is 0 Å². The maximum atomic E-state index is 12.7. The standard InChI is InChI=1S/C33H43FN4O3/c1-5-8-16-28(31-20-22-33(4,41-37-31)29(7-3)17-11-12-24-35)21-25-36-32(19-10-9-13-26-39)38(27-40)30(15-6-2)18-14-23-34/h5-8,11,14-18,21,23,25,27,39H,9-10,12-13,19-20,22,26H2,1-4H3/b8-5+,15-6-,17-11-,23-14+,25-21+,28-16+,29-7+,30-18+,36-32?. The molecule has 1 N–H and O–H groups in total. The maximum absolute atomic E-state index is 12.7. The number of oxime groups is 1. The summed E-state index contributed by atoms with van der Waals surface area (Å²) in [5.41, 5.74) is 2.42. The van der Waals surface area contributed by atoms with E-state index in [1.165, 1.54) is 17.1 Å². The van der Waals surface area contributed by atoms with Gasteiger partial charge in [-0.3, -0.25) is 9.69 Å². The van der Waals surface area contributed by atoms with Gasteiger partial charge in [-0.05, 0) is 83.3 Å². The van der Waals surface area contributed by atoms with Gasteiger partial charge in [0, 0.05) is 30.5 Å². The zero-order valence-electron chi connectivity index (χ0n) is 24.7. The molecule has 0 aromatic rings. The van der Waals surface area contributed by atoms with Crippen molar-refractivity contribution >= 4 is 18.0 Å². The molecule has 0 spiro atoms. The Morgan fingerprint density at radius 3 is 2.56 bits per heavy atom. The summed E-state index contributed by atoms with van der Waals surface area (Å²) in [5.74, 6) is 0.493. The second-order valence-electron chi connectivity index (χ2n) is 9.30. The number of aliphatic hydroxyl groups excluding tert-OH is 1. The highest BCUT2D eigenvalue weighted by Crippen LogP contribution is 2.33. The van der Waals surface area contributed by atoms with Crippen molar-refractivity contribution < 1.29 is 19.1 Å². The molecule has 0 aliphatic carbocycles. The number of carbonyl (C=O) groups is 1. The van der Waals surface area contributed by atoms with Crippen LogP contribution in [0.4, 0.5) is 4.39 Å². The van der Waals surface area contributed by atoms with Crippen molar-refractivity contribution in [3.63, 3.8) is 0 Å². The molecule has 0 aromatic carbocycles. The summed E-state index contributed by atoms with van der Waals surface area (Å²) in [6.45, 7) is 7.76. The highest BCUT2D eigenvalue weighted by Gasteiger charge is 2.33. The first kappa shape index (κ1) is 34.9. The molecule has 0 bridgehead atoms. The lowest BCUT2D eigenvalue weighted by Crippen LogP contribution is -2.33. The van der Waals surface area contributed by atoms with Gasteiger partial charge in [-0.1, -0.05) is 54.1 Å². The minimum atomic E-state index is -0.604. The van der Waals surface area contributed by atoms with Crippen molar-refractivity contribution in [2.24, 2.45) is 10.1 Å². The van der Waals surface area contributed by atoms with Crippen LogP contribution < -0.4 is 0 Å². The monoisotopic (exact) mass is 562 g/mol. The van der Waals surface area contributed by atoms with Gasteiger partial charge in [0.25, 0.3) is 0 Å². The molecular weight excluding hydrogens is 519 g/mol. The Balaban J connectivity index is 3.36. The van der Waals surface area contributed by atoms with Crippen LogP contribution in [0.2, 0.25) is 0 Å². The van der Waals surface area contributed by atoms with Crippen LogP contribution in [0.3, 0.4) is 0 Å². The van der Waals surface area contributed by atoms with Gasteiger partial charge in [0.2, 0.25) is 6.41 Å². The Bertz CT molecular complexity index is 1180. The number of nitriles is 1. The van der Waals surface area contributed by atoms with Crippen molar-refractivity contribution in [3.05, 3.63) is 96.2 Å². The highest BCUT2D eigenvalue weighted by atomic mass is 19.1. The Kier molecular flexibility index (Phi) is 17.7. The Morgan fingerprint density at radius 2 is 1.98 bits per heavy atom. The molecule has 0 fully saturated rings. The second-order valence-corrected chi connectivity index (χ2v) is 9.30. The van der Waals surface area contributed by atoms with E-state index in [0.717, 1.165) is 29.7 Å². The van der Waals surface area contributed by atoms with Crippen LogP contribution in [0, 0.1) is 11.3 Å². The molecule has 0 saturated heterocycles. The summed E-state index contributed by atoms with van der Waals surface area (Å²) in [5, 5.41) is 22.4. The van der Waals surface area contributed by atoms with E-state index in [9.17, 15) is 9.18 Å². The maximum Gasteiger partial charge on any atom is 0.219 e. The number of amides is 1. The zero-order valence-corrected chi connectivity index (χ0v) is 24.7. The Labute approximate surface area is 244 Å². The molecule has 1 rings (SSSR count). The highest BCUT2D eigenvalue weighted by molar-refractivity contribution is 6.03. The number of hydrogen-bond acceptors (Lipinski definition) is 6. The van der Waals surface area contributed by atoms with Crippen LogP contribution in [0.25, 0.3) is 0 Å². The number of rotatable bonds is 16. The predicted octanol–water partition coefficient (Wildman–Crippen LogP) is 7.70. The first-order chi connectivity index (χ1) is 19.9. The van der Waals surface area contributed by atoms with E-state index in [-0.39, 0.29) is 6.61 Å². The van der Waals surface area contributed by atoms with E-state index < -0.39 is 5.60 Å². The molecule has 7 nitrogen and oxygen atoms in total. The van der Waals surface area contributed by atoms with Gasteiger partial charge in [-0.25, -0.2) is 9.38 Å². The third-order valence-electron chi connectivity index (χ3n) is 6.30. The van der Waals surface area contributed by atoms with E-state index in [1.807, 2.05) is 70.2 Å². The van der Waals surface area contributed by atoms with Crippen molar-refractivity contribution in [3.8, 4) is 6.07 Å². The molecule has 1 amide bonds. The van der Waals surface area contributed by atoms with E-state index >= 15 is 0 Å². The molecule has 0 radical (unpaired) electrons. The van der Waals surface area contributed by atoms with Crippen LogP contribution in [0.15, 0.2) is 106 Å². The van der Waals surface area contributed by atoms with Crippen LogP contribution in [0.5, 0.6) is 0 Å². The molecule has 41 heavy (non-hydrogen) atoms. The number of amidine groups is 1. The predicted molar refractivity (Wildman–Crippen MR) is 165 cm³/mol. The fourth-order valence-electron chi connectivity index (χ4n) is 4.08. The molecule has 0 aromatic heterocycles. The number of carbonyl (C=O) groups excluding carboxylic acids is 1. The largest absolute Gasteiger partial charge is 0.396 e. The van der Waals surface area contributed by atoms with Crippen LogP contribution in [-0.2, 0) is 9.63 Å². The van der Waals surface area contributed by atoms with E-state index in [1.54, 1.807) is 18.4 Å². The molecular formula is C33H43FN4O3. The van der Waals surface area contributed by atoms with Gasteiger partial charge in [0.1, 0.15) is 5.84 Å². The summed E-state index contributed by atoms with van der Waals surface area (Å²) in [6, 6.07) is 2.11. The number of aliphatic imine (C=N–C) groups is 1. The number of aliphatic hydroxyl groups is 1. The first-order valence-electron chi connectivity index (χ1n) is 13.9. The van der Waals surface area contributed by atoms with Gasteiger partial charge in [0.15, 0.2) is 5.60 Å². The first-order valence-corrected chi connectivity index (χ1v) is 13.9. The molecule has 220 valence electrons. The third-order valence-corrected chi connectivity index (χ3v) is 6.30. The molecule has 1 atom stereocenters. The Morgan fingerprint density at radius 1 is 1.17 bits per heavy atom. The van der Waals surface area contributed by atoms with Crippen molar-refractivity contribution in [1.82, 2.24) is 4.90 Å². The minimum absolute atomic E-state index is 0.100. The van der Waals surface area contributed by atoms with Gasteiger partial charge >= 0.3 is 0 Å². The number of allylic oxidation sites excluding steroid dienone is 11. The minimum Gasteiger partial charge on any atom is -0.396 e. The summed E-state index contributed by atoms with van der Waals surface area (Å²) >= 11 is 0. The second kappa shape index (κ2) is 20.8. The van der Waals surface area contributed by atoms with Gasteiger partial charge < -0.3 is 9.94 Å². The Hall–Kier alpha value is -4.09. The van der Waals surface area contributed by atoms with Crippen LogP contribution in [-0.4, -0.2) is 40.2 Å². The average molecular weight is 563 g/mol. The van der Waals surface area contributed by atoms with E-state index in [0.29, 0.717) is 56.4 Å². The van der Waals surface area contributed by atoms with Gasteiger partial charge in [-0.2, -0.15) is 5.26 Å². The van der Waals surface area contributed by atoms with Crippen LogP contribution >= 0.6 is 0 Å². The smallest absolute Gasteiger partial charge is 0.219 e. The number of hydrogen-bond donors (Lipinski definition) is 1. The normalized spacial score (nSPS) is 19.5. The van der Waals surface area contributed by atoms with Crippen molar-refractivity contribution in [1.29, 1.82) is 5.26 Å². The quantitative estimate of drug-likeness (QED) is 0.0685. The molecule has 0 saturated carbocycles. The van der Waals surface area contributed by atoms with Crippen molar-refractivity contribution in [2.45, 2.75) is 78.2 Å². The summed E-state index contributed by atoms with van der Waals surface area (Å²) in [6.07, 6.45) is 26.5. The van der Waals surface area contributed by atoms with Crippen molar-refractivity contribution in [2.75, 3.05) is 6.61 Å². The lowest BCUT2D eigenvalue weighted by Gasteiger charge is -2.32. The third kappa shape index (κ3) is 12.3. The SMILES string of the molecule is C\C=C/C(=C\C=C\F)N(C=O)C(CCCCCO)=N/C=C/C(=C\C=C\C)C1=NOC(C)(C(/C=C\CC#N)=C/C)CC1. The molecule has 1 unspecified atom stereocenters. The molecule has 1 heterocycles. The zero-order chi connectivity index (χ0) is 30.3. The van der Waals surface area contributed by atoms with Gasteiger partial charge in [0.05, 0.1) is 24.5 Å².